The van der Waals surface area contributed by atoms with Gasteiger partial charge in [-0.15, -0.1) is 0 Å². The lowest BCUT2D eigenvalue weighted by molar-refractivity contribution is 0.309. The number of nitrogens with zero attached hydrogens (tertiary/aromatic N) is 1. The van der Waals surface area contributed by atoms with Gasteiger partial charge in [-0.1, -0.05) is 43.7 Å². The van der Waals surface area contributed by atoms with E-state index in [4.69, 9.17) is 17.0 Å². The molecule has 0 fully saturated rings. The van der Waals surface area contributed by atoms with Crippen molar-refractivity contribution in [2.75, 3.05) is 13.7 Å². The van der Waals surface area contributed by atoms with Gasteiger partial charge in [0.2, 0.25) is 0 Å². The molecule has 0 atom stereocenters. The maximum Gasteiger partial charge on any atom is 0.186 e. The van der Waals surface area contributed by atoms with Crippen LogP contribution in [0.5, 0.6) is 5.75 Å². The lowest BCUT2D eigenvalue weighted by Crippen LogP contribution is -2.28. The van der Waals surface area contributed by atoms with Crippen LogP contribution in [0.15, 0.2) is 41.5 Å². The van der Waals surface area contributed by atoms with Gasteiger partial charge in [-0.2, -0.15) is 5.10 Å². The minimum absolute atomic E-state index is 0.477. The van der Waals surface area contributed by atoms with Crippen LogP contribution in [0.1, 0.15) is 25.3 Å². The van der Waals surface area contributed by atoms with E-state index in [2.05, 4.69) is 41.0 Å². The molecule has 0 spiro atoms. The fraction of sp³-hybridized carbons (Fsp3) is 0.294. The SMILES string of the molecule is CCCCOc1ccc2ccccc2c1/C=N/NC(=S)NC. The van der Waals surface area contributed by atoms with Gasteiger partial charge in [-0.3, -0.25) is 5.43 Å². The first-order chi connectivity index (χ1) is 10.8. The minimum atomic E-state index is 0.477. The summed E-state index contributed by atoms with van der Waals surface area (Å²) in [5.74, 6) is 0.841. The van der Waals surface area contributed by atoms with Crippen molar-refractivity contribution < 1.29 is 4.74 Å². The average molecular weight is 315 g/mol. The molecule has 0 bridgehead atoms. The minimum Gasteiger partial charge on any atom is -0.493 e. The highest BCUT2D eigenvalue weighted by Crippen LogP contribution is 2.26. The molecule has 2 aromatic carbocycles. The zero-order chi connectivity index (χ0) is 15.8. The Kier molecular flexibility index (Phi) is 6.15. The first-order valence-electron chi connectivity index (χ1n) is 7.41. The highest BCUT2D eigenvalue weighted by molar-refractivity contribution is 7.80. The predicted octanol–water partition coefficient (Wildman–Crippen LogP) is 3.45. The van der Waals surface area contributed by atoms with Gasteiger partial charge >= 0.3 is 0 Å². The summed E-state index contributed by atoms with van der Waals surface area (Å²) >= 11 is 5.02. The Morgan fingerprint density at radius 2 is 2.09 bits per heavy atom. The number of fused-ring (bicyclic) bond motifs is 1. The Hall–Kier alpha value is -2.14. The van der Waals surface area contributed by atoms with Crippen molar-refractivity contribution in [1.82, 2.24) is 10.7 Å². The smallest absolute Gasteiger partial charge is 0.186 e. The van der Waals surface area contributed by atoms with Crippen molar-refractivity contribution >= 4 is 34.3 Å². The van der Waals surface area contributed by atoms with E-state index < -0.39 is 0 Å². The standard InChI is InChI=1S/C17H21N3OS/c1-3-4-11-21-16-10-9-13-7-5-6-8-14(13)15(16)12-19-20-17(22)18-2/h5-10,12H,3-4,11H2,1-2H3,(H2,18,20,22)/b19-12+. The second-order valence-corrected chi connectivity index (χ2v) is 5.26. The van der Waals surface area contributed by atoms with Crippen LogP contribution in [0, 0.1) is 0 Å². The number of nitrogens with one attached hydrogen (secondary N) is 2. The van der Waals surface area contributed by atoms with Crippen molar-refractivity contribution in [1.29, 1.82) is 0 Å². The molecule has 22 heavy (non-hydrogen) atoms. The molecule has 0 aliphatic heterocycles. The number of ether oxygens (including phenoxy) is 1. The molecule has 0 heterocycles. The molecule has 2 rings (SSSR count). The molecule has 4 nitrogen and oxygen atoms in total. The van der Waals surface area contributed by atoms with Crippen molar-refractivity contribution in [2.24, 2.45) is 5.10 Å². The van der Waals surface area contributed by atoms with E-state index in [0.29, 0.717) is 11.7 Å². The van der Waals surface area contributed by atoms with E-state index in [1.807, 2.05) is 18.2 Å². The molecule has 0 aliphatic rings. The van der Waals surface area contributed by atoms with E-state index >= 15 is 0 Å². The average Bonchev–Trinajstić information content (AvgIpc) is 2.56. The van der Waals surface area contributed by atoms with Crippen LogP contribution in [0.3, 0.4) is 0 Å². The number of unbranched alkanes of at least 4 members (excludes halogenated alkanes) is 1. The van der Waals surface area contributed by atoms with Crippen LogP contribution < -0.4 is 15.5 Å². The molecule has 0 aromatic heterocycles. The largest absolute Gasteiger partial charge is 0.493 e. The molecule has 0 unspecified atom stereocenters. The molecule has 116 valence electrons. The quantitative estimate of drug-likeness (QED) is 0.371. The Morgan fingerprint density at radius 3 is 2.86 bits per heavy atom. The molecule has 5 heteroatoms. The van der Waals surface area contributed by atoms with Gasteiger partial charge in [0.05, 0.1) is 12.8 Å². The summed E-state index contributed by atoms with van der Waals surface area (Å²) in [6, 6.07) is 12.2. The second-order valence-electron chi connectivity index (χ2n) is 4.85. The Balaban J connectivity index is 2.32. The highest BCUT2D eigenvalue weighted by Gasteiger charge is 2.07. The summed E-state index contributed by atoms with van der Waals surface area (Å²) in [7, 11) is 1.75. The summed E-state index contributed by atoms with van der Waals surface area (Å²) in [6.45, 7) is 2.85. The van der Waals surface area contributed by atoms with E-state index in [1.165, 1.54) is 0 Å². The molecule has 0 amide bonds. The number of thiocarbonyl (C=S) groups is 1. The molecule has 0 saturated carbocycles. The van der Waals surface area contributed by atoms with Crippen LogP contribution in [0.25, 0.3) is 10.8 Å². The third-order valence-electron chi connectivity index (χ3n) is 3.27. The van der Waals surface area contributed by atoms with Gasteiger partial charge in [-0.05, 0) is 35.5 Å². The summed E-state index contributed by atoms with van der Waals surface area (Å²) in [5.41, 5.74) is 3.73. The molecule has 2 N–H and O–H groups in total. The van der Waals surface area contributed by atoms with Crippen LogP contribution in [0.4, 0.5) is 0 Å². The van der Waals surface area contributed by atoms with Crippen LogP contribution >= 0.6 is 12.2 Å². The third-order valence-corrected chi connectivity index (χ3v) is 3.57. The maximum atomic E-state index is 5.90. The van der Waals surface area contributed by atoms with Gasteiger partial charge in [0, 0.05) is 12.6 Å². The molecule has 0 aliphatic carbocycles. The first kappa shape index (κ1) is 16.2. The second kappa shape index (κ2) is 8.34. The molecular weight excluding hydrogens is 294 g/mol. The number of hydrogen-bond acceptors (Lipinski definition) is 3. The maximum absolute atomic E-state index is 5.90. The Bertz CT molecular complexity index is 670. The first-order valence-corrected chi connectivity index (χ1v) is 7.82. The third kappa shape index (κ3) is 4.18. The van der Waals surface area contributed by atoms with Gasteiger partial charge < -0.3 is 10.1 Å². The molecular formula is C17H21N3OS. The zero-order valence-electron chi connectivity index (χ0n) is 12.9. The number of hydrogen-bond donors (Lipinski definition) is 2. The molecule has 0 saturated heterocycles. The van der Waals surface area contributed by atoms with Crippen LogP contribution in [-0.4, -0.2) is 25.0 Å². The summed E-state index contributed by atoms with van der Waals surface area (Å²) < 4.78 is 5.90. The van der Waals surface area contributed by atoms with Gasteiger partial charge in [0.1, 0.15) is 5.75 Å². The van der Waals surface area contributed by atoms with E-state index in [0.717, 1.165) is 34.9 Å². The van der Waals surface area contributed by atoms with Crippen molar-refractivity contribution in [3.8, 4) is 5.75 Å². The number of rotatable bonds is 6. The Morgan fingerprint density at radius 1 is 1.27 bits per heavy atom. The van der Waals surface area contributed by atoms with Gasteiger partial charge in [0.15, 0.2) is 5.11 Å². The Labute approximate surface area is 136 Å². The van der Waals surface area contributed by atoms with Crippen molar-refractivity contribution in [3.05, 3.63) is 42.0 Å². The summed E-state index contributed by atoms with van der Waals surface area (Å²) in [5, 5.41) is 9.75. The van der Waals surface area contributed by atoms with E-state index in [-0.39, 0.29) is 0 Å². The zero-order valence-corrected chi connectivity index (χ0v) is 13.7. The number of hydrazone groups is 1. The van der Waals surface area contributed by atoms with Gasteiger partial charge in [-0.25, -0.2) is 0 Å². The van der Waals surface area contributed by atoms with Gasteiger partial charge in [0.25, 0.3) is 0 Å². The lowest BCUT2D eigenvalue weighted by Gasteiger charge is -2.11. The van der Waals surface area contributed by atoms with Crippen molar-refractivity contribution in [3.63, 3.8) is 0 Å². The summed E-state index contributed by atoms with van der Waals surface area (Å²) in [4.78, 5) is 0. The fourth-order valence-electron chi connectivity index (χ4n) is 2.07. The van der Waals surface area contributed by atoms with Crippen LogP contribution in [0.2, 0.25) is 0 Å². The molecule has 2 aromatic rings. The summed E-state index contributed by atoms with van der Waals surface area (Å²) in [6.07, 6.45) is 3.90. The molecule has 0 radical (unpaired) electrons. The topological polar surface area (TPSA) is 45.6 Å². The van der Waals surface area contributed by atoms with Crippen LogP contribution in [-0.2, 0) is 0 Å². The predicted molar refractivity (Wildman–Crippen MR) is 96.7 cm³/mol. The van der Waals surface area contributed by atoms with E-state index in [9.17, 15) is 0 Å². The lowest BCUT2D eigenvalue weighted by atomic mass is 10.0. The highest BCUT2D eigenvalue weighted by atomic mass is 32.1. The number of benzene rings is 2. The van der Waals surface area contributed by atoms with E-state index in [1.54, 1.807) is 13.3 Å². The monoisotopic (exact) mass is 315 g/mol. The van der Waals surface area contributed by atoms with Crippen molar-refractivity contribution in [2.45, 2.75) is 19.8 Å². The fourth-order valence-corrected chi connectivity index (χ4v) is 2.13. The normalized spacial score (nSPS) is 10.8.